The first kappa shape index (κ1) is 23.4. The number of thioether (sulfide) groups is 1. The summed E-state index contributed by atoms with van der Waals surface area (Å²) in [6.45, 7) is 11.5. The van der Waals surface area contributed by atoms with Gasteiger partial charge in [-0.25, -0.2) is 0 Å². The van der Waals surface area contributed by atoms with Crippen LogP contribution in [0.15, 0.2) is 12.2 Å². The number of amides is 1. The molecule has 1 amide bonds. The van der Waals surface area contributed by atoms with Crippen LogP contribution < -0.4 is 5.32 Å². The summed E-state index contributed by atoms with van der Waals surface area (Å²) in [5.74, 6) is 2.48. The average molecular weight is 446 g/mol. The molecule has 0 aromatic heterocycles. The van der Waals surface area contributed by atoms with Crippen molar-refractivity contribution in [3.63, 3.8) is 0 Å². The molecule has 1 heterocycles. The number of unbranched alkanes of at least 4 members (excludes halogenated alkanes) is 2. The van der Waals surface area contributed by atoms with Crippen LogP contribution in [0, 0.1) is 34.5 Å². The van der Waals surface area contributed by atoms with Crippen LogP contribution >= 0.6 is 11.8 Å². The van der Waals surface area contributed by atoms with Gasteiger partial charge in [-0.1, -0.05) is 57.9 Å². The molecule has 0 saturated heterocycles. The van der Waals surface area contributed by atoms with Gasteiger partial charge in [-0.2, -0.15) is 0 Å². The Kier molecular flexibility index (Phi) is 6.44. The molecule has 3 saturated carbocycles. The van der Waals surface area contributed by atoms with Gasteiger partial charge in [0.05, 0.1) is 0 Å². The van der Waals surface area contributed by atoms with E-state index < -0.39 is 0 Å². The van der Waals surface area contributed by atoms with E-state index in [-0.39, 0.29) is 27.4 Å². The molecule has 4 aliphatic rings. The molecule has 3 fully saturated rings. The van der Waals surface area contributed by atoms with Crippen LogP contribution in [0.2, 0.25) is 0 Å². The van der Waals surface area contributed by atoms with Crippen molar-refractivity contribution in [1.82, 2.24) is 5.32 Å². The Morgan fingerprint density at radius 2 is 1.90 bits per heavy atom. The maximum Gasteiger partial charge on any atom is 0.224 e. The van der Waals surface area contributed by atoms with Gasteiger partial charge >= 0.3 is 0 Å². The van der Waals surface area contributed by atoms with Crippen LogP contribution in [0.5, 0.6) is 0 Å². The quantitative estimate of drug-likeness (QED) is 0.473. The zero-order valence-corrected chi connectivity index (χ0v) is 21.2. The van der Waals surface area contributed by atoms with Crippen molar-refractivity contribution in [1.29, 1.82) is 0 Å². The summed E-state index contributed by atoms with van der Waals surface area (Å²) in [7, 11) is 0. The Morgan fingerprint density at radius 3 is 2.65 bits per heavy atom. The highest BCUT2D eigenvalue weighted by Gasteiger charge is 2.61. The third-order valence-electron chi connectivity index (χ3n) is 9.71. The maximum atomic E-state index is 13.5. The smallest absolute Gasteiger partial charge is 0.224 e. The standard InChI is InChI=1S/C27H43NO2S/c1-6-7-8-15-25(2,3)28-24(30)21-11-10-19-18-9-12-22-27(5,17-14-23(29)31-22)20(18)13-16-26(19,21)4/h14,17-22H,6-13,15-16H2,1-5H3,(H,28,30)/t18-,19-,20-,21+,22+,26-,27+/m0/s1. The van der Waals surface area contributed by atoms with E-state index in [0.29, 0.717) is 28.9 Å². The minimum absolute atomic E-state index is 0.111. The first-order chi connectivity index (χ1) is 14.6. The lowest BCUT2D eigenvalue weighted by atomic mass is 9.49. The lowest BCUT2D eigenvalue weighted by molar-refractivity contribution is -0.133. The highest BCUT2D eigenvalue weighted by atomic mass is 32.2. The Balaban J connectivity index is 1.48. The number of hydrogen-bond acceptors (Lipinski definition) is 3. The zero-order valence-electron chi connectivity index (χ0n) is 20.3. The summed E-state index contributed by atoms with van der Waals surface area (Å²) in [6.07, 6.45) is 15.8. The number of rotatable bonds is 6. The molecule has 0 bridgehead atoms. The molecule has 0 radical (unpaired) electrons. The van der Waals surface area contributed by atoms with Crippen molar-refractivity contribution in [2.45, 2.75) is 110 Å². The number of carbonyl (C=O) groups excluding carboxylic acids is 2. The van der Waals surface area contributed by atoms with Crippen LogP contribution in [0.4, 0.5) is 0 Å². The minimum Gasteiger partial charge on any atom is -0.351 e. The summed E-state index contributed by atoms with van der Waals surface area (Å²) in [5, 5.41) is 4.14. The summed E-state index contributed by atoms with van der Waals surface area (Å²) in [6, 6.07) is 0. The molecule has 3 aliphatic carbocycles. The molecule has 0 aromatic carbocycles. The van der Waals surface area contributed by atoms with E-state index in [0.717, 1.165) is 25.7 Å². The van der Waals surface area contributed by atoms with E-state index in [2.05, 4.69) is 46.0 Å². The molecular formula is C27H43NO2S. The lowest BCUT2D eigenvalue weighted by Gasteiger charge is -2.58. The second kappa shape index (κ2) is 8.54. The van der Waals surface area contributed by atoms with Crippen LogP contribution in [-0.2, 0) is 9.59 Å². The van der Waals surface area contributed by atoms with Gasteiger partial charge in [0.2, 0.25) is 11.0 Å². The van der Waals surface area contributed by atoms with Crippen molar-refractivity contribution in [3.8, 4) is 0 Å². The fourth-order valence-electron chi connectivity index (χ4n) is 7.93. The number of carbonyl (C=O) groups is 2. The van der Waals surface area contributed by atoms with E-state index in [9.17, 15) is 9.59 Å². The van der Waals surface area contributed by atoms with Crippen LogP contribution in [-0.4, -0.2) is 21.8 Å². The molecule has 4 rings (SSSR count). The predicted octanol–water partition coefficient (Wildman–Crippen LogP) is 6.52. The predicted molar refractivity (Wildman–Crippen MR) is 130 cm³/mol. The molecular weight excluding hydrogens is 402 g/mol. The molecule has 4 heteroatoms. The zero-order chi connectivity index (χ0) is 22.4. The summed E-state index contributed by atoms with van der Waals surface area (Å²) >= 11 is 1.58. The number of nitrogens with one attached hydrogen (secondary N) is 1. The molecule has 31 heavy (non-hydrogen) atoms. The van der Waals surface area contributed by atoms with Crippen LogP contribution in [0.3, 0.4) is 0 Å². The molecule has 1 N–H and O–H groups in total. The average Bonchev–Trinajstić information content (AvgIpc) is 3.05. The van der Waals surface area contributed by atoms with Gasteiger partial charge in [0, 0.05) is 22.1 Å². The first-order valence-corrected chi connectivity index (χ1v) is 13.7. The molecule has 3 nitrogen and oxygen atoms in total. The minimum atomic E-state index is -0.111. The summed E-state index contributed by atoms with van der Waals surface area (Å²) in [5.41, 5.74) is 0.166. The van der Waals surface area contributed by atoms with Crippen LogP contribution in [0.25, 0.3) is 0 Å². The molecule has 1 aliphatic heterocycles. The van der Waals surface area contributed by atoms with Crippen molar-refractivity contribution < 1.29 is 9.59 Å². The normalized spacial score (nSPS) is 42.0. The Hall–Kier alpha value is -0.770. The van der Waals surface area contributed by atoms with Gasteiger partial charge in [0.1, 0.15) is 0 Å². The van der Waals surface area contributed by atoms with Crippen LogP contribution in [0.1, 0.15) is 98.8 Å². The van der Waals surface area contributed by atoms with Crippen molar-refractivity contribution in [2.24, 2.45) is 34.5 Å². The van der Waals surface area contributed by atoms with Crippen molar-refractivity contribution >= 4 is 22.8 Å². The SMILES string of the molecule is CCCCCC(C)(C)NC(=O)[C@H]1CC[C@H]2[C@@H]3CC[C@H]4SC(=O)C=C[C@]4(C)[C@H]3CC[C@]12C. The third kappa shape index (κ3) is 4.15. The molecule has 7 atom stereocenters. The maximum absolute atomic E-state index is 13.5. The summed E-state index contributed by atoms with van der Waals surface area (Å²) < 4.78 is 0. The van der Waals surface area contributed by atoms with Gasteiger partial charge in [0.25, 0.3) is 0 Å². The fourth-order valence-corrected chi connectivity index (χ4v) is 9.12. The number of fused-ring (bicyclic) bond motifs is 5. The topological polar surface area (TPSA) is 46.2 Å². The van der Waals surface area contributed by atoms with Gasteiger partial charge in [-0.15, -0.1) is 0 Å². The van der Waals surface area contributed by atoms with Gasteiger partial charge < -0.3 is 5.32 Å². The molecule has 0 unspecified atom stereocenters. The summed E-state index contributed by atoms with van der Waals surface area (Å²) in [4.78, 5) is 25.5. The highest BCUT2D eigenvalue weighted by molar-refractivity contribution is 8.14. The van der Waals surface area contributed by atoms with Gasteiger partial charge in [0.15, 0.2) is 0 Å². The first-order valence-electron chi connectivity index (χ1n) is 12.8. The Morgan fingerprint density at radius 1 is 1.13 bits per heavy atom. The lowest BCUT2D eigenvalue weighted by Crippen LogP contribution is -2.55. The Labute approximate surface area is 194 Å². The second-order valence-corrected chi connectivity index (χ2v) is 13.3. The fraction of sp³-hybridized carbons (Fsp3) is 0.852. The van der Waals surface area contributed by atoms with Crippen molar-refractivity contribution in [2.75, 3.05) is 0 Å². The van der Waals surface area contributed by atoms with E-state index in [1.54, 1.807) is 11.8 Å². The number of hydrogen-bond donors (Lipinski definition) is 1. The second-order valence-electron chi connectivity index (χ2n) is 12.1. The van der Waals surface area contributed by atoms with E-state index in [4.69, 9.17) is 0 Å². The van der Waals surface area contributed by atoms with Gasteiger partial charge in [-0.05, 0) is 88.0 Å². The highest BCUT2D eigenvalue weighted by Crippen LogP contribution is 2.66. The third-order valence-corrected chi connectivity index (χ3v) is 11.1. The molecule has 0 aromatic rings. The van der Waals surface area contributed by atoms with E-state index >= 15 is 0 Å². The van der Waals surface area contributed by atoms with E-state index in [1.807, 2.05) is 6.08 Å². The van der Waals surface area contributed by atoms with Crippen molar-refractivity contribution in [3.05, 3.63) is 12.2 Å². The largest absolute Gasteiger partial charge is 0.351 e. The monoisotopic (exact) mass is 445 g/mol. The molecule has 174 valence electrons. The number of allylic oxidation sites excluding steroid dienone is 1. The van der Waals surface area contributed by atoms with E-state index in [1.165, 1.54) is 38.5 Å². The van der Waals surface area contributed by atoms with Gasteiger partial charge in [-0.3, -0.25) is 9.59 Å². The molecule has 0 spiro atoms. The Bertz CT molecular complexity index is 746.